The molecular formula is C18H18Cl2Si. The summed E-state index contributed by atoms with van der Waals surface area (Å²) in [6, 6.07) is 12.1. The maximum atomic E-state index is 6.17. The SMILES string of the molecule is C=C(C)c1ccc(Cl)cc1[SiH2]c1cc(Cl)ccc1C(=C)C. The van der Waals surface area contributed by atoms with E-state index in [2.05, 4.69) is 37.4 Å². The number of halogens is 2. The highest BCUT2D eigenvalue weighted by Gasteiger charge is 2.10. The van der Waals surface area contributed by atoms with Crippen molar-refractivity contribution in [3.63, 3.8) is 0 Å². The first kappa shape index (κ1) is 16.1. The molecule has 0 N–H and O–H groups in total. The maximum absolute atomic E-state index is 6.17. The summed E-state index contributed by atoms with van der Waals surface area (Å²) in [4.78, 5) is 0. The molecule has 2 rings (SSSR count). The van der Waals surface area contributed by atoms with Crippen LogP contribution in [-0.4, -0.2) is 9.52 Å². The summed E-state index contributed by atoms with van der Waals surface area (Å²) in [6.07, 6.45) is 0. The number of rotatable bonds is 4. The second-order valence-electron chi connectivity index (χ2n) is 5.34. The molecule has 0 radical (unpaired) electrons. The first-order valence-corrected chi connectivity index (χ1v) is 8.94. The molecule has 2 aromatic carbocycles. The van der Waals surface area contributed by atoms with Crippen molar-refractivity contribution in [1.82, 2.24) is 0 Å². The molecule has 0 aliphatic carbocycles. The van der Waals surface area contributed by atoms with Gasteiger partial charge in [0.2, 0.25) is 0 Å². The van der Waals surface area contributed by atoms with Gasteiger partial charge in [-0.1, -0.05) is 70.0 Å². The zero-order chi connectivity index (χ0) is 15.6. The van der Waals surface area contributed by atoms with Gasteiger partial charge >= 0.3 is 0 Å². The zero-order valence-corrected chi connectivity index (χ0v) is 15.3. The molecule has 0 amide bonds. The van der Waals surface area contributed by atoms with Gasteiger partial charge in [0, 0.05) is 10.0 Å². The van der Waals surface area contributed by atoms with Crippen LogP contribution in [0.1, 0.15) is 25.0 Å². The predicted molar refractivity (Wildman–Crippen MR) is 100 cm³/mol. The van der Waals surface area contributed by atoms with E-state index < -0.39 is 9.52 Å². The van der Waals surface area contributed by atoms with Crippen molar-refractivity contribution in [3.05, 3.63) is 70.7 Å². The molecule has 2 aromatic rings. The van der Waals surface area contributed by atoms with Gasteiger partial charge < -0.3 is 0 Å². The van der Waals surface area contributed by atoms with Crippen molar-refractivity contribution in [3.8, 4) is 0 Å². The number of hydrogen-bond donors (Lipinski definition) is 0. The van der Waals surface area contributed by atoms with Crippen molar-refractivity contribution in [2.24, 2.45) is 0 Å². The van der Waals surface area contributed by atoms with Crippen LogP contribution in [-0.2, 0) is 0 Å². The van der Waals surface area contributed by atoms with E-state index in [4.69, 9.17) is 23.2 Å². The van der Waals surface area contributed by atoms with Crippen LogP contribution in [0.5, 0.6) is 0 Å². The van der Waals surface area contributed by atoms with Crippen LogP contribution in [0.2, 0.25) is 10.0 Å². The average Bonchev–Trinajstić information content (AvgIpc) is 2.38. The number of allylic oxidation sites excluding steroid dienone is 2. The Kier molecular flexibility index (Phi) is 5.10. The van der Waals surface area contributed by atoms with Crippen molar-refractivity contribution in [2.45, 2.75) is 13.8 Å². The highest BCUT2D eigenvalue weighted by molar-refractivity contribution is 6.69. The molecule has 108 valence electrons. The summed E-state index contributed by atoms with van der Waals surface area (Å²) >= 11 is 12.3. The Morgan fingerprint density at radius 1 is 0.810 bits per heavy atom. The van der Waals surface area contributed by atoms with Crippen LogP contribution in [0, 0.1) is 0 Å². The lowest BCUT2D eigenvalue weighted by atomic mass is 10.1. The fraction of sp³-hybridized carbons (Fsp3) is 0.111. The third kappa shape index (κ3) is 3.88. The van der Waals surface area contributed by atoms with Gasteiger partial charge in [-0.3, -0.25) is 0 Å². The van der Waals surface area contributed by atoms with Crippen molar-refractivity contribution < 1.29 is 0 Å². The highest BCUT2D eigenvalue weighted by atomic mass is 35.5. The monoisotopic (exact) mass is 332 g/mol. The van der Waals surface area contributed by atoms with Gasteiger partial charge in [0.1, 0.15) is 0 Å². The van der Waals surface area contributed by atoms with Crippen LogP contribution >= 0.6 is 23.2 Å². The Morgan fingerprint density at radius 3 is 1.52 bits per heavy atom. The Morgan fingerprint density at radius 2 is 1.19 bits per heavy atom. The van der Waals surface area contributed by atoms with Gasteiger partial charge in [0.15, 0.2) is 0 Å². The lowest BCUT2D eigenvalue weighted by Crippen LogP contribution is -2.31. The van der Waals surface area contributed by atoms with E-state index in [9.17, 15) is 0 Å². The Hall–Kier alpha value is -1.28. The van der Waals surface area contributed by atoms with Gasteiger partial charge in [-0.2, -0.15) is 0 Å². The lowest BCUT2D eigenvalue weighted by Gasteiger charge is -2.13. The molecule has 0 atom stereocenters. The Bertz CT molecular complexity index is 656. The fourth-order valence-electron chi connectivity index (χ4n) is 2.45. The quantitative estimate of drug-likeness (QED) is 0.737. The molecule has 21 heavy (non-hydrogen) atoms. The minimum Gasteiger partial charge on any atom is -0.0955 e. The molecule has 0 unspecified atom stereocenters. The van der Waals surface area contributed by atoms with Gasteiger partial charge in [-0.05, 0) is 49.2 Å². The molecule has 0 saturated carbocycles. The third-order valence-corrected chi connectivity index (χ3v) is 5.84. The molecule has 0 saturated heterocycles. The van der Waals surface area contributed by atoms with E-state index in [1.807, 2.05) is 26.0 Å². The van der Waals surface area contributed by atoms with Crippen LogP contribution in [0.15, 0.2) is 49.6 Å². The van der Waals surface area contributed by atoms with Crippen molar-refractivity contribution >= 4 is 54.2 Å². The molecule has 0 aliphatic heterocycles. The van der Waals surface area contributed by atoms with Crippen LogP contribution in [0.3, 0.4) is 0 Å². The van der Waals surface area contributed by atoms with E-state index in [1.165, 1.54) is 21.5 Å². The molecule has 0 aromatic heterocycles. The minimum atomic E-state index is -0.711. The zero-order valence-electron chi connectivity index (χ0n) is 12.3. The molecule has 0 nitrogen and oxygen atoms in total. The Balaban J connectivity index is 2.52. The van der Waals surface area contributed by atoms with Gasteiger partial charge in [0.25, 0.3) is 0 Å². The summed E-state index contributed by atoms with van der Waals surface area (Å²) in [5, 5.41) is 4.11. The van der Waals surface area contributed by atoms with Crippen LogP contribution < -0.4 is 10.4 Å². The largest absolute Gasteiger partial charge is 0.0955 e. The summed E-state index contributed by atoms with van der Waals surface area (Å²) in [7, 11) is -0.711. The summed E-state index contributed by atoms with van der Waals surface area (Å²) < 4.78 is 0. The summed E-state index contributed by atoms with van der Waals surface area (Å²) in [5.74, 6) is 0. The first-order chi connectivity index (χ1) is 9.88. The second-order valence-corrected chi connectivity index (χ2v) is 8.09. The van der Waals surface area contributed by atoms with E-state index >= 15 is 0 Å². The predicted octanol–water partition coefficient (Wildman–Crippen LogP) is 4.18. The lowest BCUT2D eigenvalue weighted by molar-refractivity contribution is 1.61. The standard InChI is InChI=1S/C18H18Cl2Si/c1-11(2)15-7-5-13(19)9-17(15)21-18-10-14(20)6-8-16(18)12(3)4/h5-10H,1,3,21H2,2,4H3. The van der Waals surface area contributed by atoms with Gasteiger partial charge in [0.05, 0.1) is 9.52 Å². The molecule has 0 aliphatic rings. The summed E-state index contributed by atoms with van der Waals surface area (Å²) in [6.45, 7) is 12.2. The van der Waals surface area contributed by atoms with E-state index in [0.717, 1.165) is 21.2 Å². The second kappa shape index (κ2) is 6.65. The summed E-state index contributed by atoms with van der Waals surface area (Å²) in [5.41, 5.74) is 4.51. The number of benzene rings is 2. The fourth-order valence-corrected chi connectivity index (χ4v) is 5.38. The highest BCUT2D eigenvalue weighted by Crippen LogP contribution is 2.16. The van der Waals surface area contributed by atoms with Gasteiger partial charge in [-0.15, -0.1) is 0 Å². The molecule has 0 fully saturated rings. The molecular weight excluding hydrogens is 315 g/mol. The topological polar surface area (TPSA) is 0 Å². The maximum Gasteiger partial charge on any atom is 0.0892 e. The van der Waals surface area contributed by atoms with E-state index in [-0.39, 0.29) is 0 Å². The van der Waals surface area contributed by atoms with Crippen molar-refractivity contribution in [1.29, 1.82) is 0 Å². The van der Waals surface area contributed by atoms with Crippen LogP contribution in [0.25, 0.3) is 11.1 Å². The normalized spacial score (nSPS) is 10.5. The van der Waals surface area contributed by atoms with Crippen molar-refractivity contribution in [2.75, 3.05) is 0 Å². The molecule has 3 heteroatoms. The van der Waals surface area contributed by atoms with E-state index in [1.54, 1.807) is 0 Å². The van der Waals surface area contributed by atoms with Crippen LogP contribution in [0.4, 0.5) is 0 Å². The molecule has 0 heterocycles. The van der Waals surface area contributed by atoms with Gasteiger partial charge in [-0.25, -0.2) is 0 Å². The average molecular weight is 333 g/mol. The third-order valence-electron chi connectivity index (χ3n) is 3.44. The smallest absolute Gasteiger partial charge is 0.0892 e. The molecule has 0 spiro atoms. The minimum absolute atomic E-state index is 0.711. The first-order valence-electron chi connectivity index (χ1n) is 6.77. The Labute approximate surface area is 138 Å². The number of hydrogen-bond acceptors (Lipinski definition) is 0. The van der Waals surface area contributed by atoms with E-state index in [0.29, 0.717) is 0 Å². The molecule has 0 bridgehead atoms.